The maximum atomic E-state index is 12.3. The van der Waals surface area contributed by atoms with Crippen molar-refractivity contribution in [3.63, 3.8) is 0 Å². The lowest BCUT2D eigenvalue weighted by Crippen LogP contribution is -2.49. The fourth-order valence-corrected chi connectivity index (χ4v) is 3.29. The Morgan fingerprint density at radius 1 is 1.55 bits per heavy atom. The van der Waals surface area contributed by atoms with Crippen LogP contribution < -0.4 is 10.2 Å². The monoisotopic (exact) mass is 296 g/mol. The zero-order valence-corrected chi connectivity index (χ0v) is 12.1. The molecule has 2 fully saturated rings. The summed E-state index contributed by atoms with van der Waals surface area (Å²) in [7, 11) is 1.69. The largest absolute Gasteiger partial charge is 0.381 e. The van der Waals surface area contributed by atoms with Crippen LogP contribution in [0.4, 0.5) is 5.95 Å². The lowest BCUT2D eigenvalue weighted by atomic mass is 9.73. The summed E-state index contributed by atoms with van der Waals surface area (Å²) in [6.07, 6.45) is 3.89. The van der Waals surface area contributed by atoms with E-state index in [9.17, 15) is 4.79 Å². The van der Waals surface area contributed by atoms with Gasteiger partial charge in [-0.25, -0.2) is 9.97 Å². The van der Waals surface area contributed by atoms with Crippen molar-refractivity contribution in [3.05, 3.63) is 17.4 Å². The van der Waals surface area contributed by atoms with Gasteiger partial charge in [0, 0.05) is 32.7 Å². The minimum absolute atomic E-state index is 0.0854. The molecular formula is C13H17ClN4O2. The van der Waals surface area contributed by atoms with Crippen LogP contribution in [0.25, 0.3) is 0 Å². The minimum atomic E-state index is -0.393. The van der Waals surface area contributed by atoms with E-state index in [0.29, 0.717) is 30.7 Å². The third-order valence-corrected chi connectivity index (χ3v) is 4.47. The topological polar surface area (TPSA) is 67.3 Å². The summed E-state index contributed by atoms with van der Waals surface area (Å²) in [6.45, 7) is 2.59. The van der Waals surface area contributed by atoms with Crippen LogP contribution in [0.2, 0.25) is 5.02 Å². The van der Waals surface area contributed by atoms with Gasteiger partial charge in [-0.3, -0.25) is 4.79 Å². The van der Waals surface area contributed by atoms with Gasteiger partial charge < -0.3 is 15.0 Å². The number of fused-ring (bicyclic) bond motifs is 1. The number of carbonyl (C=O) groups excluding carboxylic acids is 1. The van der Waals surface area contributed by atoms with Gasteiger partial charge >= 0.3 is 0 Å². The van der Waals surface area contributed by atoms with Crippen LogP contribution >= 0.6 is 11.6 Å². The summed E-state index contributed by atoms with van der Waals surface area (Å²) in [5.41, 5.74) is -0.393. The van der Waals surface area contributed by atoms with Gasteiger partial charge in [-0.05, 0) is 6.42 Å². The maximum Gasteiger partial charge on any atom is 0.228 e. The van der Waals surface area contributed by atoms with E-state index >= 15 is 0 Å². The highest BCUT2D eigenvalue weighted by Gasteiger charge is 2.53. The van der Waals surface area contributed by atoms with Gasteiger partial charge in [0.2, 0.25) is 11.9 Å². The van der Waals surface area contributed by atoms with Gasteiger partial charge in [0.15, 0.2) is 0 Å². The molecule has 0 aromatic carbocycles. The van der Waals surface area contributed by atoms with Crippen molar-refractivity contribution in [1.29, 1.82) is 0 Å². The van der Waals surface area contributed by atoms with Crippen LogP contribution in [-0.2, 0) is 9.53 Å². The van der Waals surface area contributed by atoms with Gasteiger partial charge in [-0.1, -0.05) is 11.6 Å². The van der Waals surface area contributed by atoms with Crippen molar-refractivity contribution in [3.8, 4) is 0 Å². The van der Waals surface area contributed by atoms with Crippen LogP contribution in [0.15, 0.2) is 12.4 Å². The van der Waals surface area contributed by atoms with Gasteiger partial charge in [-0.2, -0.15) is 0 Å². The first kappa shape index (κ1) is 13.6. The Bertz CT molecular complexity index is 510. The number of nitrogens with zero attached hydrogens (tertiary/aromatic N) is 3. The number of ether oxygens (including phenoxy) is 1. The molecule has 20 heavy (non-hydrogen) atoms. The van der Waals surface area contributed by atoms with E-state index in [-0.39, 0.29) is 11.8 Å². The highest BCUT2D eigenvalue weighted by atomic mass is 35.5. The zero-order chi connectivity index (χ0) is 14.2. The van der Waals surface area contributed by atoms with Gasteiger partial charge in [0.05, 0.1) is 29.4 Å². The molecule has 2 aliphatic rings. The summed E-state index contributed by atoms with van der Waals surface area (Å²) in [5.74, 6) is 0.879. The molecule has 3 heterocycles. The van der Waals surface area contributed by atoms with Crippen molar-refractivity contribution in [2.24, 2.45) is 11.3 Å². The van der Waals surface area contributed by atoms with E-state index in [4.69, 9.17) is 16.3 Å². The smallest absolute Gasteiger partial charge is 0.228 e. The minimum Gasteiger partial charge on any atom is -0.381 e. The number of aromatic nitrogens is 2. The molecule has 6 nitrogen and oxygen atoms in total. The molecule has 0 aliphatic carbocycles. The number of rotatable bonds is 2. The molecule has 1 N–H and O–H groups in total. The van der Waals surface area contributed by atoms with E-state index < -0.39 is 5.41 Å². The molecule has 1 aromatic heterocycles. The molecule has 0 bridgehead atoms. The Morgan fingerprint density at radius 3 is 3.00 bits per heavy atom. The van der Waals surface area contributed by atoms with Crippen molar-refractivity contribution in [1.82, 2.24) is 15.3 Å². The fraction of sp³-hybridized carbons (Fsp3) is 0.615. The molecule has 1 amide bonds. The average molecular weight is 297 g/mol. The Balaban J connectivity index is 1.87. The fourth-order valence-electron chi connectivity index (χ4n) is 3.19. The second kappa shape index (κ2) is 5.18. The Kier molecular flexibility index (Phi) is 3.52. The highest BCUT2D eigenvalue weighted by molar-refractivity contribution is 6.30. The predicted molar refractivity (Wildman–Crippen MR) is 74.7 cm³/mol. The summed E-state index contributed by atoms with van der Waals surface area (Å²) < 4.78 is 5.54. The Hall–Kier alpha value is -1.40. The molecule has 2 atom stereocenters. The molecule has 3 rings (SSSR count). The predicted octanol–water partition coefficient (Wildman–Crippen LogP) is 0.719. The van der Waals surface area contributed by atoms with E-state index in [1.54, 1.807) is 19.4 Å². The molecule has 2 saturated heterocycles. The number of halogens is 1. The average Bonchev–Trinajstić information content (AvgIpc) is 2.87. The maximum absolute atomic E-state index is 12.3. The van der Waals surface area contributed by atoms with E-state index in [1.807, 2.05) is 4.90 Å². The van der Waals surface area contributed by atoms with Gasteiger partial charge in [0.25, 0.3) is 0 Å². The Labute approximate surface area is 122 Å². The molecular weight excluding hydrogens is 280 g/mol. The molecule has 108 valence electrons. The number of anilines is 1. The standard InChI is InChI=1S/C13H17ClN4O2/c1-15-11(19)13-2-3-20-7-9(13)6-18(8-13)12-16-4-10(14)5-17-12/h4-5,9H,2-3,6-8H2,1H3,(H,15,19). The number of hydrogen-bond acceptors (Lipinski definition) is 5. The lowest BCUT2D eigenvalue weighted by Gasteiger charge is -2.36. The molecule has 2 unspecified atom stereocenters. The third kappa shape index (κ3) is 2.13. The molecule has 7 heteroatoms. The third-order valence-electron chi connectivity index (χ3n) is 4.28. The second-order valence-corrected chi connectivity index (χ2v) is 5.78. The van der Waals surface area contributed by atoms with Crippen molar-refractivity contribution < 1.29 is 9.53 Å². The van der Waals surface area contributed by atoms with Crippen LogP contribution in [0, 0.1) is 11.3 Å². The zero-order valence-electron chi connectivity index (χ0n) is 11.3. The summed E-state index contributed by atoms with van der Waals surface area (Å²) in [6, 6.07) is 0. The normalized spacial score (nSPS) is 29.1. The van der Waals surface area contributed by atoms with Crippen molar-refractivity contribution in [2.75, 3.05) is 38.3 Å². The summed E-state index contributed by atoms with van der Waals surface area (Å²) >= 11 is 5.81. The SMILES string of the molecule is CNC(=O)C12CCOCC1CN(c1ncc(Cl)cn1)C2. The molecule has 0 saturated carbocycles. The van der Waals surface area contributed by atoms with Crippen LogP contribution in [-0.4, -0.2) is 49.2 Å². The first-order valence-corrected chi connectivity index (χ1v) is 7.06. The molecule has 2 aliphatic heterocycles. The first-order chi connectivity index (χ1) is 9.65. The van der Waals surface area contributed by atoms with Gasteiger partial charge in [-0.15, -0.1) is 0 Å². The number of amides is 1. The second-order valence-electron chi connectivity index (χ2n) is 5.34. The summed E-state index contributed by atoms with van der Waals surface area (Å²) in [5, 5.41) is 3.30. The lowest BCUT2D eigenvalue weighted by molar-refractivity contribution is -0.138. The number of carbonyl (C=O) groups is 1. The highest BCUT2D eigenvalue weighted by Crippen LogP contribution is 2.43. The van der Waals surface area contributed by atoms with Crippen LogP contribution in [0.5, 0.6) is 0 Å². The van der Waals surface area contributed by atoms with E-state index in [1.165, 1.54) is 0 Å². The molecule has 0 spiro atoms. The van der Waals surface area contributed by atoms with Crippen molar-refractivity contribution in [2.45, 2.75) is 6.42 Å². The number of hydrogen-bond donors (Lipinski definition) is 1. The number of nitrogens with one attached hydrogen (secondary N) is 1. The van der Waals surface area contributed by atoms with Crippen molar-refractivity contribution >= 4 is 23.5 Å². The summed E-state index contributed by atoms with van der Waals surface area (Å²) in [4.78, 5) is 22.9. The molecule has 0 radical (unpaired) electrons. The molecule has 1 aromatic rings. The first-order valence-electron chi connectivity index (χ1n) is 6.68. The van der Waals surface area contributed by atoms with Gasteiger partial charge in [0.1, 0.15) is 0 Å². The Morgan fingerprint density at radius 2 is 2.30 bits per heavy atom. The van der Waals surface area contributed by atoms with E-state index in [0.717, 1.165) is 13.0 Å². The quantitative estimate of drug-likeness (QED) is 0.871. The van der Waals surface area contributed by atoms with Crippen LogP contribution in [0.1, 0.15) is 6.42 Å². The van der Waals surface area contributed by atoms with Crippen LogP contribution in [0.3, 0.4) is 0 Å². The van der Waals surface area contributed by atoms with E-state index in [2.05, 4.69) is 15.3 Å².